The number of likely N-dealkylation sites (tertiary alicyclic amines) is 2. The van der Waals surface area contributed by atoms with Gasteiger partial charge < -0.3 is 19.8 Å². The molecule has 9 nitrogen and oxygen atoms in total. The number of nitrogens with zero attached hydrogens (tertiary/aromatic N) is 2. The lowest BCUT2D eigenvalue weighted by molar-refractivity contribution is -0.157. The molecule has 57 heavy (non-hydrogen) atoms. The van der Waals surface area contributed by atoms with Gasteiger partial charge in [0.1, 0.15) is 17.2 Å². The molecule has 0 radical (unpaired) electrons. The number of alkyl halides is 3. The van der Waals surface area contributed by atoms with E-state index in [4.69, 9.17) is 15.7 Å². The van der Waals surface area contributed by atoms with Gasteiger partial charge in [0.05, 0.1) is 6.42 Å². The van der Waals surface area contributed by atoms with Gasteiger partial charge in [-0.15, -0.1) is 11.3 Å². The Bertz CT molecular complexity index is 1860. The molecule has 2 atom stereocenters. The highest BCUT2D eigenvalue weighted by Gasteiger charge is 2.42. The zero-order valence-electron chi connectivity index (χ0n) is 32.5. The second-order valence-corrected chi connectivity index (χ2v) is 16.3. The molecule has 2 saturated heterocycles. The lowest BCUT2D eigenvalue weighted by Crippen LogP contribution is -2.41. The van der Waals surface area contributed by atoms with E-state index in [0.29, 0.717) is 53.5 Å². The van der Waals surface area contributed by atoms with Crippen LogP contribution in [-0.4, -0.2) is 63.7 Å². The maximum Gasteiger partial charge on any atom is 0.426 e. The quantitative estimate of drug-likeness (QED) is 0.0709. The van der Waals surface area contributed by atoms with Gasteiger partial charge in [0.2, 0.25) is 0 Å². The summed E-state index contributed by atoms with van der Waals surface area (Å²) in [5.41, 5.74) is 2.78. The van der Waals surface area contributed by atoms with Crippen LogP contribution in [0.3, 0.4) is 0 Å². The summed E-state index contributed by atoms with van der Waals surface area (Å²) in [6.45, 7) is 6.27. The smallest absolute Gasteiger partial charge is 0.426 e. The number of hydrogen-bond donors (Lipinski definition) is 3. The van der Waals surface area contributed by atoms with Crippen LogP contribution in [0.4, 0.5) is 13.2 Å². The summed E-state index contributed by atoms with van der Waals surface area (Å²) in [5.74, 6) is 4.25. The van der Waals surface area contributed by atoms with Crippen molar-refractivity contribution in [1.29, 1.82) is 0 Å². The number of aliphatic hydroxyl groups is 1. The number of halogens is 3. The van der Waals surface area contributed by atoms with Crippen LogP contribution in [0.15, 0.2) is 84.9 Å². The normalized spacial score (nSPS) is 18.6. The van der Waals surface area contributed by atoms with Crippen molar-refractivity contribution in [3.05, 3.63) is 111 Å². The van der Waals surface area contributed by atoms with Gasteiger partial charge in [0.25, 0.3) is 0 Å². The molecule has 4 N–H and O–H groups in total. The number of hydrogen-bond acceptors (Lipinski definition) is 9. The van der Waals surface area contributed by atoms with E-state index >= 15 is 0 Å². The third kappa shape index (κ3) is 13.4. The average molecular weight is 810 g/mol. The SMILES string of the molecule is CCCCCCCc1ccc(CN2CCC(O)(C(=O)O)C2)cc1.NOC(=O)CC1CCN(Cc2ccc(OCc3cc(-c4ccccc4)c(C(F)(F)F)s3)cc2)C1. The minimum atomic E-state index is -4.42. The van der Waals surface area contributed by atoms with Crippen molar-refractivity contribution in [2.24, 2.45) is 11.8 Å². The molecular formula is C44H54F3N3O6S. The first kappa shape index (κ1) is 43.8. The summed E-state index contributed by atoms with van der Waals surface area (Å²) >= 11 is 0.713. The van der Waals surface area contributed by atoms with E-state index in [2.05, 4.69) is 40.9 Å². The van der Waals surface area contributed by atoms with Gasteiger partial charge in [0.15, 0.2) is 5.60 Å². The van der Waals surface area contributed by atoms with Crippen LogP contribution in [0.1, 0.15) is 84.7 Å². The van der Waals surface area contributed by atoms with Crippen LogP contribution in [0, 0.1) is 5.92 Å². The van der Waals surface area contributed by atoms with Crippen LogP contribution in [0.5, 0.6) is 5.75 Å². The van der Waals surface area contributed by atoms with Crippen molar-refractivity contribution < 1.29 is 42.5 Å². The number of thiophene rings is 1. The van der Waals surface area contributed by atoms with Crippen LogP contribution < -0.4 is 10.6 Å². The second kappa shape index (κ2) is 20.9. The van der Waals surface area contributed by atoms with Gasteiger partial charge >= 0.3 is 18.1 Å². The molecule has 0 spiro atoms. The minimum Gasteiger partial charge on any atom is -0.488 e. The molecule has 0 saturated carbocycles. The first-order chi connectivity index (χ1) is 27.3. The standard InChI is InChI=1S/C25H25F3N2O3S.C19H29NO3/c26-25(27,28)24-22(19-4-2-1-3-5-19)13-21(34-24)16-32-20-8-6-17(7-9-20)14-30-11-10-18(15-30)12-23(31)33-29;1-2-3-4-5-6-7-16-8-10-17(11-9-16)14-20-13-12-19(23,15-20)18(21)22/h1-9,13,18H,10-12,14-16,29H2;8-11,23H,2-7,12-15H2,1H3,(H,21,22). The van der Waals surface area contributed by atoms with Crippen molar-refractivity contribution in [3.8, 4) is 16.9 Å². The maximum absolute atomic E-state index is 13.6. The summed E-state index contributed by atoms with van der Waals surface area (Å²) in [6, 6.07) is 26.3. The Morgan fingerprint density at radius 1 is 0.895 bits per heavy atom. The van der Waals surface area contributed by atoms with Crippen LogP contribution in [0.2, 0.25) is 0 Å². The highest BCUT2D eigenvalue weighted by atomic mass is 32.1. The van der Waals surface area contributed by atoms with E-state index in [9.17, 15) is 27.9 Å². The van der Waals surface area contributed by atoms with Gasteiger partial charge in [-0.1, -0.05) is 99.3 Å². The molecule has 0 aliphatic carbocycles. The number of carboxylic acid groups (broad SMARTS) is 1. The Morgan fingerprint density at radius 2 is 1.54 bits per heavy atom. The third-order valence-corrected chi connectivity index (χ3v) is 11.7. The Labute approximate surface area is 337 Å². The van der Waals surface area contributed by atoms with E-state index in [-0.39, 0.29) is 24.6 Å². The van der Waals surface area contributed by atoms with Crippen molar-refractivity contribution in [2.75, 3.05) is 26.2 Å². The average Bonchev–Trinajstić information content (AvgIpc) is 3.95. The van der Waals surface area contributed by atoms with E-state index < -0.39 is 28.6 Å². The summed E-state index contributed by atoms with van der Waals surface area (Å²) < 4.78 is 46.5. The molecule has 0 bridgehead atoms. The van der Waals surface area contributed by atoms with Crippen LogP contribution in [-0.2, 0) is 46.7 Å². The van der Waals surface area contributed by atoms with E-state index in [1.165, 1.54) is 43.2 Å². The fourth-order valence-electron chi connectivity index (χ4n) is 7.35. The molecule has 4 aromatic rings. The first-order valence-corrected chi connectivity index (χ1v) is 20.5. The number of carboxylic acids is 1. The monoisotopic (exact) mass is 809 g/mol. The van der Waals surface area contributed by atoms with Crippen molar-refractivity contribution in [1.82, 2.24) is 9.80 Å². The van der Waals surface area contributed by atoms with Crippen molar-refractivity contribution in [2.45, 2.75) is 96.2 Å². The fourth-order valence-corrected chi connectivity index (χ4v) is 8.31. The number of aliphatic carboxylic acids is 1. The number of benzene rings is 3. The van der Waals surface area contributed by atoms with Crippen LogP contribution >= 0.6 is 11.3 Å². The maximum atomic E-state index is 13.6. The van der Waals surface area contributed by atoms with Gasteiger partial charge in [-0.05, 0) is 72.2 Å². The Morgan fingerprint density at radius 3 is 2.18 bits per heavy atom. The molecule has 3 aromatic carbocycles. The van der Waals surface area contributed by atoms with Crippen molar-refractivity contribution in [3.63, 3.8) is 0 Å². The molecule has 3 heterocycles. The largest absolute Gasteiger partial charge is 0.488 e. The molecule has 6 rings (SSSR count). The highest BCUT2D eigenvalue weighted by molar-refractivity contribution is 7.12. The Balaban J connectivity index is 0.000000235. The number of ether oxygens (including phenoxy) is 1. The predicted octanol–water partition coefficient (Wildman–Crippen LogP) is 8.86. The molecule has 2 aliphatic heterocycles. The molecule has 2 fully saturated rings. The second-order valence-electron chi connectivity index (χ2n) is 15.1. The van der Waals surface area contributed by atoms with Gasteiger partial charge in [-0.25, -0.2) is 4.79 Å². The summed E-state index contributed by atoms with van der Waals surface area (Å²) in [4.78, 5) is 30.8. The molecule has 2 unspecified atom stereocenters. The summed E-state index contributed by atoms with van der Waals surface area (Å²) in [5, 5.41) is 19.0. The molecule has 13 heteroatoms. The molecule has 2 aliphatic rings. The van der Waals surface area contributed by atoms with Crippen molar-refractivity contribution >= 4 is 23.3 Å². The Hall–Kier alpha value is -4.27. The van der Waals surface area contributed by atoms with E-state index in [0.717, 1.165) is 38.0 Å². The molecule has 308 valence electrons. The Kier molecular flexibility index (Phi) is 16.1. The first-order valence-electron chi connectivity index (χ1n) is 19.7. The number of β-amino-alcohol motifs (C(OH)–C–C–N with tert-alkyl or cyclic N) is 1. The van der Waals surface area contributed by atoms with Crippen LogP contribution in [0.25, 0.3) is 11.1 Å². The number of rotatable bonds is 17. The number of carbonyl (C=O) groups excluding carboxylic acids is 1. The van der Waals surface area contributed by atoms with E-state index in [1.54, 1.807) is 36.4 Å². The highest BCUT2D eigenvalue weighted by Crippen LogP contribution is 2.43. The topological polar surface area (TPSA) is 126 Å². The van der Waals surface area contributed by atoms with E-state index in [1.807, 2.05) is 29.2 Å². The lowest BCUT2D eigenvalue weighted by Gasteiger charge is -2.19. The van der Waals surface area contributed by atoms with Gasteiger partial charge in [-0.3, -0.25) is 14.6 Å². The number of nitrogens with two attached hydrogens (primary N) is 1. The predicted molar refractivity (Wildman–Crippen MR) is 215 cm³/mol. The summed E-state index contributed by atoms with van der Waals surface area (Å²) in [6.07, 6.45) is 4.75. The minimum absolute atomic E-state index is 0.0605. The molecule has 0 amide bonds. The number of unbranched alkanes of at least 4 members (excludes halogenated alkanes) is 4. The lowest BCUT2D eigenvalue weighted by atomic mass is 10.0. The zero-order chi connectivity index (χ0) is 40.8. The summed E-state index contributed by atoms with van der Waals surface area (Å²) in [7, 11) is 0. The number of aryl methyl sites for hydroxylation is 1. The third-order valence-electron chi connectivity index (χ3n) is 10.5. The molecule has 1 aromatic heterocycles. The molecular weight excluding hydrogens is 756 g/mol. The van der Waals surface area contributed by atoms with Gasteiger partial charge in [-0.2, -0.15) is 19.1 Å². The zero-order valence-corrected chi connectivity index (χ0v) is 33.3. The van der Waals surface area contributed by atoms with Gasteiger partial charge in [0, 0.05) is 49.6 Å². The fraction of sp³-hybridized carbons (Fsp3) is 0.455. The number of carbonyl (C=O) groups is 2.